The fraction of sp³-hybridized carbons (Fsp3) is 0.500. The average Bonchev–Trinajstić information content (AvgIpc) is 2.28. The Labute approximate surface area is 118 Å². The van der Waals surface area contributed by atoms with Gasteiger partial charge < -0.3 is 9.53 Å². The monoisotopic (exact) mass is 278 g/mol. The molecule has 0 aliphatic heterocycles. The molecule has 0 spiro atoms. The lowest BCUT2D eigenvalue weighted by molar-refractivity contribution is 0.328. The van der Waals surface area contributed by atoms with Gasteiger partial charge in [-0.25, -0.2) is 0 Å². The molecule has 3 heteroatoms. The Kier molecular flexibility index (Phi) is 4.99. The van der Waals surface area contributed by atoms with Gasteiger partial charge in [-0.3, -0.25) is 0 Å². The Morgan fingerprint density at radius 2 is 1.89 bits per heavy atom. The molecule has 2 nitrogen and oxygen atoms in total. The fourth-order valence-corrected chi connectivity index (χ4v) is 2.41. The largest absolute Gasteiger partial charge is 0.507 e. The predicted octanol–water partition coefficient (Wildman–Crippen LogP) is 4.74. The van der Waals surface area contributed by atoms with Gasteiger partial charge in [0.25, 0.3) is 0 Å². The Balaban J connectivity index is 2.63. The third-order valence-electron chi connectivity index (χ3n) is 3.91. The van der Waals surface area contributed by atoms with E-state index in [2.05, 4.69) is 33.9 Å². The summed E-state index contributed by atoms with van der Waals surface area (Å²) in [4.78, 5) is 0. The summed E-state index contributed by atoms with van der Waals surface area (Å²) in [5.74, 6) is 0.353. The van der Waals surface area contributed by atoms with Crippen LogP contribution in [0.15, 0.2) is 24.3 Å². The SMILES string of the molecule is Cc1cccc(/C=C\CO[Si](C)(C)C(C)(C)C)c1O. The third kappa shape index (κ3) is 4.22. The van der Waals surface area contributed by atoms with Crippen LogP contribution >= 0.6 is 0 Å². The first kappa shape index (κ1) is 16.0. The molecule has 0 atom stereocenters. The third-order valence-corrected chi connectivity index (χ3v) is 8.41. The van der Waals surface area contributed by atoms with Gasteiger partial charge in [-0.1, -0.05) is 51.1 Å². The number of para-hydroxylation sites is 1. The Hall–Kier alpha value is -1.06. The minimum absolute atomic E-state index is 0.228. The molecule has 0 amide bonds. The van der Waals surface area contributed by atoms with Crippen LogP contribution in [0.2, 0.25) is 18.1 Å². The maximum absolute atomic E-state index is 9.90. The van der Waals surface area contributed by atoms with E-state index in [1.54, 1.807) is 0 Å². The van der Waals surface area contributed by atoms with Gasteiger partial charge in [0.2, 0.25) is 0 Å². The van der Waals surface area contributed by atoms with Crippen molar-refractivity contribution in [3.8, 4) is 5.75 Å². The molecule has 0 aliphatic rings. The van der Waals surface area contributed by atoms with Gasteiger partial charge in [-0.15, -0.1) is 0 Å². The normalized spacial score (nSPS) is 13.2. The van der Waals surface area contributed by atoms with Crippen LogP contribution in [0.3, 0.4) is 0 Å². The number of benzene rings is 1. The Morgan fingerprint density at radius 1 is 1.26 bits per heavy atom. The second kappa shape index (κ2) is 5.93. The van der Waals surface area contributed by atoms with E-state index in [-0.39, 0.29) is 5.04 Å². The Bertz CT molecular complexity index is 456. The van der Waals surface area contributed by atoms with Crippen LogP contribution < -0.4 is 0 Å². The first-order valence-electron chi connectivity index (χ1n) is 6.74. The van der Waals surface area contributed by atoms with Crippen LogP contribution in [0.4, 0.5) is 0 Å². The molecule has 19 heavy (non-hydrogen) atoms. The summed E-state index contributed by atoms with van der Waals surface area (Å²) in [6, 6.07) is 5.76. The first-order chi connectivity index (χ1) is 8.65. The minimum Gasteiger partial charge on any atom is -0.507 e. The lowest BCUT2D eigenvalue weighted by atomic mass is 10.1. The number of rotatable bonds is 4. The smallest absolute Gasteiger partial charge is 0.192 e. The van der Waals surface area contributed by atoms with Gasteiger partial charge in [0.05, 0.1) is 6.61 Å². The summed E-state index contributed by atoms with van der Waals surface area (Å²) < 4.78 is 6.06. The van der Waals surface area contributed by atoms with Crippen molar-refractivity contribution in [1.29, 1.82) is 0 Å². The summed E-state index contributed by atoms with van der Waals surface area (Å²) >= 11 is 0. The molecule has 0 bridgehead atoms. The van der Waals surface area contributed by atoms with Crippen molar-refractivity contribution in [2.45, 2.75) is 45.8 Å². The highest BCUT2D eigenvalue weighted by molar-refractivity contribution is 6.74. The minimum atomic E-state index is -1.68. The van der Waals surface area contributed by atoms with E-state index in [4.69, 9.17) is 4.43 Å². The lowest BCUT2D eigenvalue weighted by Crippen LogP contribution is -2.40. The van der Waals surface area contributed by atoms with Crippen LogP contribution in [0.5, 0.6) is 5.75 Å². The quantitative estimate of drug-likeness (QED) is 0.806. The van der Waals surface area contributed by atoms with Gasteiger partial charge in [0.15, 0.2) is 8.32 Å². The molecule has 106 valence electrons. The van der Waals surface area contributed by atoms with Crippen LogP contribution in [0.25, 0.3) is 6.08 Å². The summed E-state index contributed by atoms with van der Waals surface area (Å²) in [6.07, 6.45) is 3.91. The van der Waals surface area contributed by atoms with Gasteiger partial charge in [0, 0.05) is 5.56 Å². The highest BCUT2D eigenvalue weighted by atomic mass is 28.4. The number of hydrogen-bond donors (Lipinski definition) is 1. The topological polar surface area (TPSA) is 29.5 Å². The zero-order chi connectivity index (χ0) is 14.7. The zero-order valence-corrected chi connectivity index (χ0v) is 13.9. The molecular formula is C16H26O2Si. The molecule has 1 rings (SSSR count). The van der Waals surface area contributed by atoms with Crippen LogP contribution in [0.1, 0.15) is 31.9 Å². The van der Waals surface area contributed by atoms with Crippen molar-refractivity contribution in [2.75, 3.05) is 6.61 Å². The molecular weight excluding hydrogens is 252 g/mol. The first-order valence-corrected chi connectivity index (χ1v) is 9.65. The molecule has 1 aromatic carbocycles. The van der Waals surface area contributed by atoms with E-state index in [1.165, 1.54) is 0 Å². The number of phenols is 1. The molecule has 0 saturated carbocycles. The summed E-state index contributed by atoms with van der Waals surface area (Å²) in [6.45, 7) is 13.7. The maximum atomic E-state index is 9.90. The van der Waals surface area contributed by atoms with Gasteiger partial charge >= 0.3 is 0 Å². The highest BCUT2D eigenvalue weighted by Gasteiger charge is 2.36. The standard InChI is InChI=1S/C16H26O2Si/c1-13-9-7-10-14(15(13)17)11-8-12-18-19(5,6)16(2,3)4/h7-11,17H,12H2,1-6H3/b11-8-. The number of aromatic hydroxyl groups is 1. The molecule has 1 N–H and O–H groups in total. The average molecular weight is 278 g/mol. The summed E-state index contributed by atoms with van der Waals surface area (Å²) in [7, 11) is -1.68. The van der Waals surface area contributed by atoms with Crippen LogP contribution in [-0.4, -0.2) is 20.0 Å². The number of phenolic OH excluding ortho intramolecular Hbond substituents is 1. The van der Waals surface area contributed by atoms with E-state index in [0.29, 0.717) is 12.4 Å². The predicted molar refractivity (Wildman–Crippen MR) is 85.0 cm³/mol. The highest BCUT2D eigenvalue weighted by Crippen LogP contribution is 2.36. The maximum Gasteiger partial charge on any atom is 0.192 e. The van der Waals surface area contributed by atoms with Crippen LogP contribution in [-0.2, 0) is 4.43 Å². The Morgan fingerprint density at radius 3 is 2.47 bits per heavy atom. The van der Waals surface area contributed by atoms with Crippen molar-refractivity contribution in [3.63, 3.8) is 0 Å². The van der Waals surface area contributed by atoms with E-state index in [1.807, 2.05) is 37.3 Å². The van der Waals surface area contributed by atoms with Crippen molar-refractivity contribution >= 4 is 14.4 Å². The summed E-state index contributed by atoms with van der Waals surface area (Å²) in [5.41, 5.74) is 1.74. The van der Waals surface area contributed by atoms with Crippen molar-refractivity contribution in [3.05, 3.63) is 35.4 Å². The van der Waals surface area contributed by atoms with Crippen molar-refractivity contribution in [1.82, 2.24) is 0 Å². The second-order valence-corrected chi connectivity index (χ2v) is 11.3. The molecule has 0 heterocycles. The van der Waals surface area contributed by atoms with Gasteiger partial charge in [-0.2, -0.15) is 0 Å². The van der Waals surface area contributed by atoms with E-state index in [0.717, 1.165) is 11.1 Å². The van der Waals surface area contributed by atoms with Crippen molar-refractivity contribution in [2.24, 2.45) is 0 Å². The molecule has 0 fully saturated rings. The van der Waals surface area contributed by atoms with E-state index in [9.17, 15) is 5.11 Å². The molecule has 0 saturated heterocycles. The van der Waals surface area contributed by atoms with Gasteiger partial charge in [0.1, 0.15) is 5.75 Å². The molecule has 0 unspecified atom stereocenters. The zero-order valence-electron chi connectivity index (χ0n) is 12.9. The lowest BCUT2D eigenvalue weighted by Gasteiger charge is -2.35. The molecule has 0 radical (unpaired) electrons. The van der Waals surface area contributed by atoms with Gasteiger partial charge in [-0.05, 0) is 30.6 Å². The number of hydrogen-bond acceptors (Lipinski definition) is 2. The summed E-state index contributed by atoms with van der Waals surface area (Å²) in [5, 5.41) is 10.1. The fourth-order valence-electron chi connectivity index (χ4n) is 1.46. The van der Waals surface area contributed by atoms with E-state index < -0.39 is 8.32 Å². The van der Waals surface area contributed by atoms with Crippen molar-refractivity contribution < 1.29 is 9.53 Å². The second-order valence-electron chi connectivity index (χ2n) is 6.49. The van der Waals surface area contributed by atoms with E-state index >= 15 is 0 Å². The molecule has 1 aromatic rings. The molecule has 0 aliphatic carbocycles. The molecule has 0 aromatic heterocycles. The number of aryl methyl sites for hydroxylation is 1. The van der Waals surface area contributed by atoms with Crippen LogP contribution in [0, 0.1) is 6.92 Å².